The van der Waals surface area contributed by atoms with Gasteiger partial charge in [0.1, 0.15) is 24.7 Å². The molecular formula is C33H28N2O5. The minimum absolute atomic E-state index is 0.101. The van der Waals surface area contributed by atoms with Crippen LogP contribution in [0.3, 0.4) is 0 Å². The molecule has 7 nitrogen and oxygen atoms in total. The Morgan fingerprint density at radius 3 is 1.82 bits per heavy atom. The zero-order valence-corrected chi connectivity index (χ0v) is 21.9. The van der Waals surface area contributed by atoms with Gasteiger partial charge in [-0.2, -0.15) is 0 Å². The third-order valence-electron chi connectivity index (χ3n) is 6.64. The van der Waals surface area contributed by atoms with Gasteiger partial charge in [-0.05, 0) is 41.0 Å². The number of anilines is 2. The van der Waals surface area contributed by atoms with Crippen LogP contribution in [-0.4, -0.2) is 37.5 Å². The number of carbonyl (C=O) groups excluding carboxylic acids is 3. The van der Waals surface area contributed by atoms with E-state index in [2.05, 4.69) is 13.2 Å². The Labute approximate surface area is 232 Å². The average Bonchev–Trinajstić information content (AvgIpc) is 3.55. The Hall–Kier alpha value is -5.17. The van der Waals surface area contributed by atoms with Crippen molar-refractivity contribution in [3.05, 3.63) is 133 Å². The maximum absolute atomic E-state index is 12.5. The standard InChI is InChI=1S/C33H28N2O5/c1-3-19-39-28-21-24(12-14-26(28)34-18-8-11-30(34)36)33(23-9-6-5-7-10-23)25-13-15-27(29(22-25)40-20-4-2)35-31(37)16-17-32(35)38/h3-17,21-22,33H,1-2,18-20H2. The molecule has 0 saturated heterocycles. The van der Waals surface area contributed by atoms with E-state index in [0.717, 1.165) is 21.6 Å². The van der Waals surface area contributed by atoms with E-state index in [9.17, 15) is 14.4 Å². The van der Waals surface area contributed by atoms with Gasteiger partial charge in [-0.1, -0.05) is 73.9 Å². The minimum atomic E-state index is -0.425. The van der Waals surface area contributed by atoms with Crippen molar-refractivity contribution >= 4 is 29.1 Å². The fraction of sp³-hybridized carbons (Fsp3) is 0.121. The molecule has 2 aliphatic heterocycles. The second-order valence-electron chi connectivity index (χ2n) is 9.19. The molecule has 0 fully saturated rings. The highest BCUT2D eigenvalue weighted by atomic mass is 16.5. The van der Waals surface area contributed by atoms with Crippen molar-refractivity contribution in [2.45, 2.75) is 5.92 Å². The second-order valence-corrected chi connectivity index (χ2v) is 9.19. The number of hydrogen-bond donors (Lipinski definition) is 0. The monoisotopic (exact) mass is 532 g/mol. The van der Waals surface area contributed by atoms with Crippen molar-refractivity contribution in [1.29, 1.82) is 0 Å². The van der Waals surface area contributed by atoms with Crippen molar-refractivity contribution < 1.29 is 23.9 Å². The van der Waals surface area contributed by atoms with Gasteiger partial charge in [0.2, 0.25) is 0 Å². The van der Waals surface area contributed by atoms with Crippen LogP contribution in [0, 0.1) is 0 Å². The molecule has 1 atom stereocenters. The summed E-state index contributed by atoms with van der Waals surface area (Å²) in [7, 11) is 0. The van der Waals surface area contributed by atoms with Crippen LogP contribution in [0.1, 0.15) is 22.6 Å². The molecule has 0 saturated carbocycles. The second kappa shape index (κ2) is 11.7. The van der Waals surface area contributed by atoms with E-state index in [-0.39, 0.29) is 25.0 Å². The summed E-state index contributed by atoms with van der Waals surface area (Å²) in [6.45, 7) is 8.44. The van der Waals surface area contributed by atoms with Gasteiger partial charge in [0, 0.05) is 30.7 Å². The molecule has 0 radical (unpaired) electrons. The maximum atomic E-state index is 12.5. The molecule has 0 aliphatic carbocycles. The third-order valence-corrected chi connectivity index (χ3v) is 6.64. The van der Waals surface area contributed by atoms with Crippen molar-refractivity contribution in [2.75, 3.05) is 29.6 Å². The number of hydrogen-bond acceptors (Lipinski definition) is 5. The van der Waals surface area contributed by atoms with E-state index < -0.39 is 11.8 Å². The predicted octanol–water partition coefficient (Wildman–Crippen LogP) is 5.33. The fourth-order valence-corrected chi connectivity index (χ4v) is 4.87. The summed E-state index contributed by atoms with van der Waals surface area (Å²) in [6.07, 6.45) is 9.12. The Bertz CT molecular complexity index is 1520. The smallest absolute Gasteiger partial charge is 0.258 e. The van der Waals surface area contributed by atoms with Crippen molar-refractivity contribution in [1.82, 2.24) is 0 Å². The summed E-state index contributed by atoms with van der Waals surface area (Å²) >= 11 is 0. The van der Waals surface area contributed by atoms with Gasteiger partial charge in [-0.15, -0.1) is 0 Å². The first-order valence-electron chi connectivity index (χ1n) is 12.9. The lowest BCUT2D eigenvalue weighted by atomic mass is 9.84. The lowest BCUT2D eigenvalue weighted by molar-refractivity contribution is -0.120. The van der Waals surface area contributed by atoms with E-state index in [0.29, 0.717) is 29.4 Å². The van der Waals surface area contributed by atoms with Crippen LogP contribution >= 0.6 is 0 Å². The molecule has 0 spiro atoms. The Kier molecular flexibility index (Phi) is 7.73. The summed E-state index contributed by atoms with van der Waals surface area (Å²) < 4.78 is 12.0. The maximum Gasteiger partial charge on any atom is 0.258 e. The molecule has 7 heteroatoms. The number of nitrogens with zero attached hydrogens (tertiary/aromatic N) is 2. The summed E-state index contributed by atoms with van der Waals surface area (Å²) in [4.78, 5) is 40.1. The summed E-state index contributed by atoms with van der Waals surface area (Å²) in [5.41, 5.74) is 3.86. The Balaban J connectivity index is 1.63. The summed E-state index contributed by atoms with van der Waals surface area (Å²) in [5.74, 6) is -0.253. The van der Waals surface area contributed by atoms with Crippen molar-refractivity contribution in [2.24, 2.45) is 0 Å². The number of carbonyl (C=O) groups is 3. The van der Waals surface area contributed by atoms with Crippen molar-refractivity contribution in [3.8, 4) is 11.5 Å². The normalized spacial score (nSPS) is 15.1. The molecule has 1 unspecified atom stereocenters. The van der Waals surface area contributed by atoms with Gasteiger partial charge in [-0.25, -0.2) is 4.90 Å². The molecule has 2 heterocycles. The molecule has 0 bridgehead atoms. The zero-order valence-electron chi connectivity index (χ0n) is 21.9. The molecule has 40 heavy (non-hydrogen) atoms. The van der Waals surface area contributed by atoms with Crippen LogP contribution in [0.2, 0.25) is 0 Å². The highest BCUT2D eigenvalue weighted by Gasteiger charge is 2.29. The van der Waals surface area contributed by atoms with Gasteiger partial charge < -0.3 is 14.4 Å². The highest BCUT2D eigenvalue weighted by Crippen LogP contribution is 2.41. The van der Waals surface area contributed by atoms with Gasteiger partial charge in [0.25, 0.3) is 17.7 Å². The Morgan fingerprint density at radius 2 is 1.27 bits per heavy atom. The minimum Gasteiger partial charge on any atom is -0.487 e. The highest BCUT2D eigenvalue weighted by molar-refractivity contribution is 6.28. The quantitative estimate of drug-likeness (QED) is 0.190. The molecule has 0 N–H and O–H groups in total. The molecular weight excluding hydrogens is 504 g/mol. The van der Waals surface area contributed by atoms with E-state index in [1.807, 2.05) is 66.7 Å². The molecule has 5 rings (SSSR count). The van der Waals surface area contributed by atoms with Crippen LogP contribution < -0.4 is 19.3 Å². The number of rotatable bonds is 11. The topological polar surface area (TPSA) is 76.2 Å². The van der Waals surface area contributed by atoms with E-state index in [4.69, 9.17) is 9.47 Å². The van der Waals surface area contributed by atoms with Crippen molar-refractivity contribution in [3.63, 3.8) is 0 Å². The van der Waals surface area contributed by atoms with E-state index >= 15 is 0 Å². The number of amides is 3. The van der Waals surface area contributed by atoms with Crippen LogP contribution in [-0.2, 0) is 14.4 Å². The third kappa shape index (κ3) is 5.22. The number of ether oxygens (including phenoxy) is 2. The lowest BCUT2D eigenvalue weighted by Crippen LogP contribution is -2.30. The van der Waals surface area contributed by atoms with E-state index in [1.165, 1.54) is 12.2 Å². The van der Waals surface area contributed by atoms with Gasteiger partial charge in [0.05, 0.1) is 11.4 Å². The molecule has 3 aromatic rings. The first-order chi connectivity index (χ1) is 19.5. The van der Waals surface area contributed by atoms with E-state index in [1.54, 1.807) is 29.2 Å². The van der Waals surface area contributed by atoms with Crippen LogP contribution in [0.5, 0.6) is 11.5 Å². The largest absolute Gasteiger partial charge is 0.487 e. The van der Waals surface area contributed by atoms with Gasteiger partial charge in [0.15, 0.2) is 0 Å². The molecule has 2 aliphatic rings. The first-order valence-corrected chi connectivity index (χ1v) is 12.9. The molecule has 3 aromatic carbocycles. The number of benzene rings is 3. The molecule has 3 amide bonds. The summed E-state index contributed by atoms with van der Waals surface area (Å²) in [5, 5.41) is 0. The number of imide groups is 1. The average molecular weight is 533 g/mol. The first kappa shape index (κ1) is 26.4. The SMILES string of the molecule is C=CCOc1cc(C(c2ccccc2)c2ccc(N3C(=O)C=CC3=O)c(OCC=C)c2)ccc1N1CC=CC1=O. The van der Waals surface area contributed by atoms with Crippen LogP contribution in [0.15, 0.2) is 116 Å². The summed E-state index contributed by atoms with van der Waals surface area (Å²) in [6, 6.07) is 21.2. The van der Waals surface area contributed by atoms with Gasteiger partial charge >= 0.3 is 0 Å². The van der Waals surface area contributed by atoms with Crippen LogP contribution in [0.4, 0.5) is 11.4 Å². The lowest BCUT2D eigenvalue weighted by Gasteiger charge is -2.25. The molecule has 0 aromatic heterocycles. The zero-order chi connectivity index (χ0) is 28.1. The fourth-order valence-electron chi connectivity index (χ4n) is 4.87. The molecule has 200 valence electrons. The van der Waals surface area contributed by atoms with Gasteiger partial charge in [-0.3, -0.25) is 14.4 Å². The Morgan fingerprint density at radius 1 is 0.700 bits per heavy atom. The van der Waals surface area contributed by atoms with Crippen LogP contribution in [0.25, 0.3) is 0 Å². The predicted molar refractivity (Wildman–Crippen MR) is 155 cm³/mol.